The predicted molar refractivity (Wildman–Crippen MR) is 110 cm³/mol. The summed E-state index contributed by atoms with van der Waals surface area (Å²) in [6, 6.07) is 7.96. The Morgan fingerprint density at radius 3 is 2.58 bits per heavy atom. The van der Waals surface area contributed by atoms with Crippen LogP contribution in [-0.2, 0) is 17.7 Å². The molecule has 0 spiro atoms. The molecule has 0 aliphatic carbocycles. The Morgan fingerprint density at radius 2 is 1.92 bits per heavy atom. The minimum Gasteiger partial charge on any atom is -0.379 e. The lowest BCUT2D eigenvalue weighted by atomic mass is 10.2. The molecule has 6 nitrogen and oxygen atoms in total. The lowest BCUT2D eigenvalue weighted by Gasteiger charge is -2.26. The van der Waals surface area contributed by atoms with Gasteiger partial charge in [-0.1, -0.05) is 12.1 Å². The second kappa shape index (κ2) is 11.5. The van der Waals surface area contributed by atoms with E-state index in [0.29, 0.717) is 18.7 Å². The first-order valence-electron chi connectivity index (χ1n) is 8.09. The Labute approximate surface area is 169 Å². The van der Waals surface area contributed by atoms with E-state index in [1.807, 2.05) is 24.3 Å². The number of halogens is 2. The van der Waals surface area contributed by atoms with Crippen LogP contribution in [0.1, 0.15) is 21.1 Å². The van der Waals surface area contributed by atoms with Crippen LogP contribution in [-0.4, -0.2) is 48.6 Å². The Morgan fingerprint density at radius 1 is 1.23 bits per heavy atom. The van der Waals surface area contributed by atoms with Crippen LogP contribution < -0.4 is 11.1 Å². The van der Waals surface area contributed by atoms with Crippen LogP contribution >= 0.6 is 36.2 Å². The predicted octanol–water partition coefficient (Wildman–Crippen LogP) is 2.57. The fraction of sp³-hybridized carbons (Fsp3) is 0.412. The zero-order valence-corrected chi connectivity index (χ0v) is 16.8. The molecule has 0 saturated carbocycles. The maximum Gasteiger partial charge on any atom is 0.275 e. The second-order valence-electron chi connectivity index (χ2n) is 5.70. The molecule has 0 radical (unpaired) electrons. The molecule has 0 atom stereocenters. The highest BCUT2D eigenvalue weighted by atomic mass is 35.5. The third kappa shape index (κ3) is 6.50. The summed E-state index contributed by atoms with van der Waals surface area (Å²) in [5.41, 5.74) is 7.96. The van der Waals surface area contributed by atoms with E-state index in [1.165, 1.54) is 16.9 Å². The third-order valence-corrected chi connectivity index (χ3v) is 4.77. The normalized spacial score (nSPS) is 14.2. The maximum absolute atomic E-state index is 12.2. The van der Waals surface area contributed by atoms with E-state index in [9.17, 15) is 4.79 Å². The number of carbonyl (C=O) groups is 1. The summed E-state index contributed by atoms with van der Waals surface area (Å²) in [6.45, 7) is 4.98. The maximum atomic E-state index is 12.2. The molecule has 26 heavy (non-hydrogen) atoms. The number of morpholine rings is 1. The number of amides is 1. The van der Waals surface area contributed by atoms with Gasteiger partial charge in [-0.3, -0.25) is 9.69 Å². The monoisotopic (exact) mass is 418 g/mol. The van der Waals surface area contributed by atoms with Crippen LogP contribution in [0.15, 0.2) is 29.6 Å². The standard InChI is InChI=1S/C17H22N4O2S.2ClH/c18-6-5-16-20-15(12-24-16)17(22)19-14-3-1-13(2-4-14)11-21-7-9-23-10-8-21;;/h1-4,12H,5-11,18H2,(H,19,22);2*1H. The lowest BCUT2D eigenvalue weighted by Crippen LogP contribution is -2.35. The Bertz CT molecular complexity index is 676. The number of anilines is 1. The largest absolute Gasteiger partial charge is 0.379 e. The van der Waals surface area contributed by atoms with Gasteiger partial charge < -0.3 is 15.8 Å². The highest BCUT2D eigenvalue weighted by molar-refractivity contribution is 7.09. The van der Waals surface area contributed by atoms with Crippen molar-refractivity contribution < 1.29 is 9.53 Å². The highest BCUT2D eigenvalue weighted by Gasteiger charge is 2.12. The first kappa shape index (κ1) is 22.8. The third-order valence-electron chi connectivity index (χ3n) is 3.86. The molecule has 1 fully saturated rings. The van der Waals surface area contributed by atoms with E-state index < -0.39 is 0 Å². The number of thiazole rings is 1. The Kier molecular flexibility index (Phi) is 10.1. The van der Waals surface area contributed by atoms with Gasteiger partial charge in [0.05, 0.1) is 18.2 Å². The topological polar surface area (TPSA) is 80.5 Å². The van der Waals surface area contributed by atoms with E-state index >= 15 is 0 Å². The van der Waals surface area contributed by atoms with E-state index in [2.05, 4.69) is 15.2 Å². The fourth-order valence-corrected chi connectivity index (χ4v) is 3.35. The van der Waals surface area contributed by atoms with Crippen LogP contribution in [0, 0.1) is 0 Å². The molecule has 1 aromatic carbocycles. The van der Waals surface area contributed by atoms with Gasteiger partial charge >= 0.3 is 0 Å². The Hall–Kier alpha value is -1.22. The van der Waals surface area contributed by atoms with E-state index in [0.717, 1.165) is 43.5 Å². The quantitative estimate of drug-likeness (QED) is 0.753. The number of carbonyl (C=O) groups excluding carboxylic acids is 1. The molecule has 2 aromatic rings. The van der Waals surface area contributed by atoms with Crippen molar-refractivity contribution in [2.24, 2.45) is 5.73 Å². The summed E-state index contributed by atoms with van der Waals surface area (Å²) < 4.78 is 5.36. The average molecular weight is 419 g/mol. The van der Waals surface area contributed by atoms with Crippen LogP contribution in [0.3, 0.4) is 0 Å². The first-order chi connectivity index (χ1) is 11.7. The van der Waals surface area contributed by atoms with Crippen molar-refractivity contribution in [2.75, 3.05) is 38.2 Å². The van der Waals surface area contributed by atoms with Crippen LogP contribution in [0.2, 0.25) is 0 Å². The van der Waals surface area contributed by atoms with Crippen LogP contribution in [0.25, 0.3) is 0 Å². The minimum atomic E-state index is -0.185. The van der Waals surface area contributed by atoms with E-state index in [1.54, 1.807) is 5.38 Å². The smallest absolute Gasteiger partial charge is 0.275 e. The van der Waals surface area contributed by atoms with Crippen molar-refractivity contribution in [1.29, 1.82) is 0 Å². The van der Waals surface area contributed by atoms with Crippen molar-refractivity contribution in [1.82, 2.24) is 9.88 Å². The van der Waals surface area contributed by atoms with Gasteiger partial charge in [0.25, 0.3) is 5.91 Å². The number of hydrogen-bond donors (Lipinski definition) is 2. The Balaban J connectivity index is 0.00000169. The zero-order valence-electron chi connectivity index (χ0n) is 14.3. The van der Waals surface area contributed by atoms with Gasteiger partial charge in [-0.25, -0.2) is 4.98 Å². The molecule has 1 amide bonds. The van der Waals surface area contributed by atoms with Crippen molar-refractivity contribution in [3.63, 3.8) is 0 Å². The summed E-state index contributed by atoms with van der Waals surface area (Å²) in [7, 11) is 0. The molecule has 144 valence electrons. The SMILES string of the molecule is Cl.Cl.NCCc1nc(C(=O)Nc2ccc(CN3CCOCC3)cc2)cs1. The summed E-state index contributed by atoms with van der Waals surface area (Å²) in [5.74, 6) is -0.185. The van der Waals surface area contributed by atoms with Crippen LogP contribution in [0.4, 0.5) is 5.69 Å². The van der Waals surface area contributed by atoms with Crippen molar-refractivity contribution in [3.05, 3.63) is 45.9 Å². The van der Waals surface area contributed by atoms with Gasteiger partial charge in [0.2, 0.25) is 0 Å². The molecular weight excluding hydrogens is 395 g/mol. The number of benzene rings is 1. The number of nitrogens with zero attached hydrogens (tertiary/aromatic N) is 2. The van der Waals surface area contributed by atoms with E-state index in [4.69, 9.17) is 10.5 Å². The molecule has 2 heterocycles. The summed E-state index contributed by atoms with van der Waals surface area (Å²) in [6.07, 6.45) is 0.703. The van der Waals surface area contributed by atoms with Gasteiger partial charge in [0.1, 0.15) is 5.69 Å². The van der Waals surface area contributed by atoms with Crippen LogP contribution in [0.5, 0.6) is 0 Å². The number of hydrogen-bond acceptors (Lipinski definition) is 6. The van der Waals surface area contributed by atoms with Crippen molar-refractivity contribution in [2.45, 2.75) is 13.0 Å². The highest BCUT2D eigenvalue weighted by Crippen LogP contribution is 2.15. The lowest BCUT2D eigenvalue weighted by molar-refractivity contribution is 0.0342. The molecule has 1 aliphatic rings. The summed E-state index contributed by atoms with van der Waals surface area (Å²) in [4.78, 5) is 18.9. The summed E-state index contributed by atoms with van der Waals surface area (Å²) in [5, 5.41) is 5.55. The number of rotatable bonds is 6. The molecule has 3 rings (SSSR count). The molecule has 9 heteroatoms. The van der Waals surface area contributed by atoms with Crippen molar-refractivity contribution in [3.8, 4) is 0 Å². The molecule has 3 N–H and O–H groups in total. The van der Waals surface area contributed by atoms with Gasteiger partial charge in [0, 0.05) is 37.1 Å². The molecule has 1 saturated heterocycles. The molecule has 1 aromatic heterocycles. The fourth-order valence-electron chi connectivity index (χ4n) is 2.56. The van der Waals surface area contributed by atoms with Gasteiger partial charge in [-0.05, 0) is 24.2 Å². The van der Waals surface area contributed by atoms with E-state index in [-0.39, 0.29) is 30.7 Å². The second-order valence-corrected chi connectivity index (χ2v) is 6.65. The molecular formula is C17H24Cl2N4O2S. The average Bonchev–Trinajstić information content (AvgIpc) is 3.07. The first-order valence-corrected chi connectivity index (χ1v) is 8.97. The number of nitrogens with one attached hydrogen (secondary N) is 1. The zero-order chi connectivity index (χ0) is 16.8. The van der Waals surface area contributed by atoms with Gasteiger partial charge in [-0.15, -0.1) is 36.2 Å². The number of nitrogens with two attached hydrogens (primary N) is 1. The number of aromatic nitrogens is 1. The van der Waals surface area contributed by atoms with Crippen molar-refractivity contribution >= 4 is 47.7 Å². The minimum absolute atomic E-state index is 0. The molecule has 0 bridgehead atoms. The number of ether oxygens (including phenoxy) is 1. The molecule has 0 unspecified atom stereocenters. The molecule has 1 aliphatic heterocycles. The van der Waals surface area contributed by atoms with Gasteiger partial charge in [-0.2, -0.15) is 0 Å². The van der Waals surface area contributed by atoms with Gasteiger partial charge in [0.15, 0.2) is 0 Å². The summed E-state index contributed by atoms with van der Waals surface area (Å²) >= 11 is 1.47.